The molecule has 2 amide bonds. The summed E-state index contributed by atoms with van der Waals surface area (Å²) >= 11 is 0. The Bertz CT molecular complexity index is 313. The fraction of sp³-hybridized carbons (Fsp3) is 0.750. The lowest BCUT2D eigenvalue weighted by molar-refractivity contribution is -0.138. The number of hydrogen-bond donors (Lipinski definition) is 3. The SMILES string of the molecule is CC(C)CC(=O)NC(C(=O)NCC(=O)O)C(C)C. The third-order valence-electron chi connectivity index (χ3n) is 2.27. The van der Waals surface area contributed by atoms with Gasteiger partial charge < -0.3 is 15.7 Å². The first-order chi connectivity index (χ1) is 8.23. The molecule has 104 valence electrons. The van der Waals surface area contributed by atoms with Crippen LogP contribution in [0, 0.1) is 11.8 Å². The van der Waals surface area contributed by atoms with Crippen molar-refractivity contribution in [3.8, 4) is 0 Å². The highest BCUT2D eigenvalue weighted by Crippen LogP contribution is 2.04. The molecule has 18 heavy (non-hydrogen) atoms. The Morgan fingerprint density at radius 3 is 2.06 bits per heavy atom. The van der Waals surface area contributed by atoms with E-state index >= 15 is 0 Å². The van der Waals surface area contributed by atoms with Crippen molar-refractivity contribution in [2.24, 2.45) is 11.8 Å². The number of rotatable bonds is 7. The van der Waals surface area contributed by atoms with Crippen molar-refractivity contribution >= 4 is 17.8 Å². The van der Waals surface area contributed by atoms with Crippen LogP contribution in [0.4, 0.5) is 0 Å². The van der Waals surface area contributed by atoms with Crippen LogP contribution in [0.25, 0.3) is 0 Å². The lowest BCUT2D eigenvalue weighted by Gasteiger charge is -2.21. The van der Waals surface area contributed by atoms with E-state index in [0.29, 0.717) is 6.42 Å². The van der Waals surface area contributed by atoms with Gasteiger partial charge in [-0.25, -0.2) is 0 Å². The zero-order chi connectivity index (χ0) is 14.3. The predicted octanol–water partition coefficient (Wildman–Crippen LogP) is 0.374. The molecule has 0 bridgehead atoms. The van der Waals surface area contributed by atoms with Crippen LogP contribution in [-0.4, -0.2) is 35.5 Å². The minimum Gasteiger partial charge on any atom is -0.480 e. The van der Waals surface area contributed by atoms with Crippen LogP contribution in [0.1, 0.15) is 34.1 Å². The maximum atomic E-state index is 11.7. The molecule has 6 nitrogen and oxygen atoms in total. The van der Waals surface area contributed by atoms with Crippen molar-refractivity contribution < 1.29 is 19.5 Å². The molecule has 0 heterocycles. The Hall–Kier alpha value is -1.59. The summed E-state index contributed by atoms with van der Waals surface area (Å²) < 4.78 is 0. The molecule has 0 aliphatic carbocycles. The third kappa shape index (κ3) is 6.88. The maximum Gasteiger partial charge on any atom is 0.322 e. The molecule has 3 N–H and O–H groups in total. The maximum absolute atomic E-state index is 11.7. The Kier molecular flexibility index (Phi) is 7.00. The monoisotopic (exact) mass is 258 g/mol. The van der Waals surface area contributed by atoms with Crippen LogP contribution < -0.4 is 10.6 Å². The lowest BCUT2D eigenvalue weighted by atomic mass is 10.0. The van der Waals surface area contributed by atoms with Gasteiger partial charge in [-0.2, -0.15) is 0 Å². The topological polar surface area (TPSA) is 95.5 Å². The molecule has 0 aromatic carbocycles. The molecule has 1 atom stereocenters. The molecule has 0 saturated heterocycles. The largest absolute Gasteiger partial charge is 0.480 e. The summed E-state index contributed by atoms with van der Waals surface area (Å²) in [6, 6.07) is -0.699. The van der Waals surface area contributed by atoms with E-state index in [1.807, 2.05) is 13.8 Å². The van der Waals surface area contributed by atoms with Crippen molar-refractivity contribution in [2.75, 3.05) is 6.54 Å². The van der Waals surface area contributed by atoms with Gasteiger partial charge in [0.1, 0.15) is 12.6 Å². The summed E-state index contributed by atoms with van der Waals surface area (Å²) in [5.41, 5.74) is 0. The van der Waals surface area contributed by atoms with Gasteiger partial charge >= 0.3 is 5.97 Å². The number of carbonyl (C=O) groups is 3. The Morgan fingerprint density at radius 2 is 1.67 bits per heavy atom. The number of carbonyl (C=O) groups excluding carboxylic acids is 2. The Balaban J connectivity index is 4.42. The van der Waals surface area contributed by atoms with Crippen LogP contribution in [0.15, 0.2) is 0 Å². The van der Waals surface area contributed by atoms with Crippen LogP contribution >= 0.6 is 0 Å². The summed E-state index contributed by atoms with van der Waals surface area (Å²) in [5.74, 6) is -1.67. The first-order valence-electron chi connectivity index (χ1n) is 6.02. The smallest absolute Gasteiger partial charge is 0.322 e. The van der Waals surface area contributed by atoms with Gasteiger partial charge in [-0.05, 0) is 11.8 Å². The Morgan fingerprint density at radius 1 is 1.11 bits per heavy atom. The second kappa shape index (κ2) is 7.68. The van der Waals surface area contributed by atoms with E-state index in [9.17, 15) is 14.4 Å². The number of carboxylic acid groups (broad SMARTS) is 1. The second-order valence-electron chi connectivity index (χ2n) is 5.00. The van der Waals surface area contributed by atoms with Gasteiger partial charge in [-0.3, -0.25) is 14.4 Å². The quantitative estimate of drug-likeness (QED) is 0.615. The van der Waals surface area contributed by atoms with Gasteiger partial charge in [0, 0.05) is 6.42 Å². The van der Waals surface area contributed by atoms with Gasteiger partial charge in [-0.1, -0.05) is 27.7 Å². The molecule has 0 saturated carbocycles. The highest BCUT2D eigenvalue weighted by Gasteiger charge is 2.24. The van der Waals surface area contributed by atoms with Gasteiger partial charge in [0.25, 0.3) is 0 Å². The molecular formula is C12H22N2O4. The van der Waals surface area contributed by atoms with E-state index in [1.54, 1.807) is 13.8 Å². The fourth-order valence-electron chi connectivity index (χ4n) is 1.41. The second-order valence-corrected chi connectivity index (χ2v) is 5.00. The minimum atomic E-state index is -1.11. The first-order valence-corrected chi connectivity index (χ1v) is 6.02. The summed E-state index contributed by atoms with van der Waals surface area (Å²) in [5, 5.41) is 13.4. The normalized spacial score (nSPS) is 12.3. The zero-order valence-corrected chi connectivity index (χ0v) is 11.3. The highest BCUT2D eigenvalue weighted by atomic mass is 16.4. The summed E-state index contributed by atoms with van der Waals surface area (Å²) in [7, 11) is 0. The number of nitrogens with one attached hydrogen (secondary N) is 2. The molecule has 0 fully saturated rings. The lowest BCUT2D eigenvalue weighted by Crippen LogP contribution is -2.50. The molecule has 6 heteroatoms. The summed E-state index contributed by atoms with van der Waals surface area (Å²) in [6.45, 7) is 6.96. The molecule has 0 spiro atoms. The third-order valence-corrected chi connectivity index (χ3v) is 2.27. The van der Waals surface area contributed by atoms with Crippen molar-refractivity contribution in [3.05, 3.63) is 0 Å². The van der Waals surface area contributed by atoms with Gasteiger partial charge in [-0.15, -0.1) is 0 Å². The molecule has 0 aliphatic rings. The van der Waals surface area contributed by atoms with E-state index in [4.69, 9.17) is 5.11 Å². The summed E-state index contributed by atoms with van der Waals surface area (Å²) in [6.07, 6.45) is 0.343. The average Bonchev–Trinajstić information content (AvgIpc) is 2.21. The highest BCUT2D eigenvalue weighted by molar-refractivity contribution is 5.89. The van der Waals surface area contributed by atoms with E-state index < -0.39 is 24.5 Å². The zero-order valence-electron chi connectivity index (χ0n) is 11.3. The number of carboxylic acids is 1. The van der Waals surface area contributed by atoms with Crippen LogP contribution in [-0.2, 0) is 14.4 Å². The Labute approximate surface area is 107 Å². The van der Waals surface area contributed by atoms with Crippen LogP contribution in [0.5, 0.6) is 0 Å². The minimum absolute atomic E-state index is 0.102. The molecule has 0 aromatic rings. The van der Waals surface area contributed by atoms with Crippen LogP contribution in [0.2, 0.25) is 0 Å². The number of aliphatic carboxylic acids is 1. The predicted molar refractivity (Wildman–Crippen MR) is 66.9 cm³/mol. The molecule has 0 rings (SSSR count). The van der Waals surface area contributed by atoms with Crippen LogP contribution in [0.3, 0.4) is 0 Å². The van der Waals surface area contributed by atoms with Crippen molar-refractivity contribution in [1.82, 2.24) is 10.6 Å². The number of hydrogen-bond acceptors (Lipinski definition) is 3. The van der Waals surface area contributed by atoms with Gasteiger partial charge in [0.05, 0.1) is 0 Å². The molecule has 0 aromatic heterocycles. The van der Waals surface area contributed by atoms with E-state index in [1.165, 1.54) is 0 Å². The van der Waals surface area contributed by atoms with Crippen molar-refractivity contribution in [2.45, 2.75) is 40.2 Å². The molecular weight excluding hydrogens is 236 g/mol. The van der Waals surface area contributed by atoms with E-state index in [2.05, 4.69) is 10.6 Å². The fourth-order valence-corrected chi connectivity index (χ4v) is 1.41. The summed E-state index contributed by atoms with van der Waals surface area (Å²) in [4.78, 5) is 33.7. The molecule has 0 radical (unpaired) electrons. The van der Waals surface area contributed by atoms with Crippen molar-refractivity contribution in [1.29, 1.82) is 0 Å². The molecule has 0 aliphatic heterocycles. The first kappa shape index (κ1) is 16.4. The van der Waals surface area contributed by atoms with Crippen molar-refractivity contribution in [3.63, 3.8) is 0 Å². The van der Waals surface area contributed by atoms with Gasteiger partial charge in [0.15, 0.2) is 0 Å². The standard InChI is InChI=1S/C12H22N2O4/c1-7(2)5-9(15)14-11(8(3)4)12(18)13-6-10(16)17/h7-8,11H,5-6H2,1-4H3,(H,13,18)(H,14,15)(H,16,17). The van der Waals surface area contributed by atoms with Gasteiger partial charge in [0.2, 0.25) is 11.8 Å². The number of amides is 2. The van der Waals surface area contributed by atoms with E-state index in [0.717, 1.165) is 0 Å². The van der Waals surface area contributed by atoms with E-state index in [-0.39, 0.29) is 17.7 Å². The average molecular weight is 258 g/mol. The molecule has 1 unspecified atom stereocenters.